The van der Waals surface area contributed by atoms with Crippen LogP contribution in [0, 0.1) is 11.3 Å². The van der Waals surface area contributed by atoms with Gasteiger partial charge in [-0.05, 0) is 35.9 Å². The van der Waals surface area contributed by atoms with Gasteiger partial charge < -0.3 is 10.1 Å². The number of benzene rings is 3. The van der Waals surface area contributed by atoms with Crippen LogP contribution in [-0.2, 0) is 6.18 Å². The first-order valence-electron chi connectivity index (χ1n) is 9.07. The summed E-state index contributed by atoms with van der Waals surface area (Å²) < 4.78 is 43.6. The van der Waals surface area contributed by atoms with Crippen LogP contribution in [0.2, 0.25) is 0 Å². The Kier molecular flexibility index (Phi) is 6.38. The van der Waals surface area contributed by atoms with Crippen molar-refractivity contribution in [1.82, 2.24) is 5.32 Å². The quantitative estimate of drug-likeness (QED) is 0.579. The van der Waals surface area contributed by atoms with E-state index in [1.807, 2.05) is 0 Å². The fraction of sp³-hybridized carbons (Fsp3) is 0.130. The second kappa shape index (κ2) is 9.14. The summed E-state index contributed by atoms with van der Waals surface area (Å²) >= 11 is 0. The number of rotatable bonds is 6. The minimum absolute atomic E-state index is 0.00397. The maximum absolute atomic E-state index is 12.7. The molecule has 0 atom stereocenters. The first-order valence-corrected chi connectivity index (χ1v) is 9.07. The summed E-state index contributed by atoms with van der Waals surface area (Å²) in [5, 5.41) is 12.0. The summed E-state index contributed by atoms with van der Waals surface area (Å²) in [7, 11) is 0. The molecule has 3 aromatic rings. The lowest BCUT2D eigenvalue weighted by Crippen LogP contribution is -2.28. The number of ether oxygens (including phenoxy) is 1. The minimum Gasteiger partial charge on any atom is -0.492 e. The average Bonchev–Trinajstić information content (AvgIpc) is 2.76. The molecule has 0 heterocycles. The normalized spacial score (nSPS) is 10.9. The third-order valence-corrected chi connectivity index (χ3v) is 4.33. The van der Waals surface area contributed by atoms with Crippen molar-refractivity contribution in [1.29, 1.82) is 5.26 Å². The van der Waals surface area contributed by atoms with Crippen LogP contribution in [0.5, 0.6) is 5.75 Å². The van der Waals surface area contributed by atoms with Gasteiger partial charge in [0.05, 0.1) is 23.7 Å². The van der Waals surface area contributed by atoms with Crippen molar-refractivity contribution >= 4 is 5.91 Å². The van der Waals surface area contributed by atoms with E-state index in [2.05, 4.69) is 11.4 Å². The van der Waals surface area contributed by atoms with Gasteiger partial charge in [-0.1, -0.05) is 42.5 Å². The van der Waals surface area contributed by atoms with Crippen LogP contribution >= 0.6 is 0 Å². The number of carbonyl (C=O) groups excluding carboxylic acids is 1. The molecule has 0 aliphatic rings. The zero-order valence-corrected chi connectivity index (χ0v) is 15.7. The van der Waals surface area contributed by atoms with Gasteiger partial charge in [0.15, 0.2) is 0 Å². The van der Waals surface area contributed by atoms with Gasteiger partial charge in [0.1, 0.15) is 12.4 Å². The highest BCUT2D eigenvalue weighted by Crippen LogP contribution is 2.31. The number of nitriles is 1. The summed E-state index contributed by atoms with van der Waals surface area (Å²) in [6, 6.07) is 20.5. The SMILES string of the molecule is N#Cc1ccccc1-c1ccccc1C(=O)NCCOc1cccc(C(F)(F)F)c1. The van der Waals surface area contributed by atoms with E-state index in [-0.39, 0.29) is 24.8 Å². The molecule has 152 valence electrons. The van der Waals surface area contributed by atoms with E-state index < -0.39 is 11.7 Å². The minimum atomic E-state index is -4.45. The smallest absolute Gasteiger partial charge is 0.416 e. The maximum Gasteiger partial charge on any atom is 0.416 e. The van der Waals surface area contributed by atoms with Crippen LogP contribution in [0.4, 0.5) is 13.2 Å². The maximum atomic E-state index is 12.7. The number of hydrogen-bond donors (Lipinski definition) is 1. The number of carbonyl (C=O) groups is 1. The molecule has 7 heteroatoms. The van der Waals surface area contributed by atoms with Gasteiger partial charge in [-0.3, -0.25) is 4.79 Å². The summed E-state index contributed by atoms with van der Waals surface area (Å²) in [5.74, 6) is -0.298. The molecule has 1 amide bonds. The molecule has 0 bridgehead atoms. The lowest BCUT2D eigenvalue weighted by molar-refractivity contribution is -0.137. The average molecular weight is 410 g/mol. The molecule has 4 nitrogen and oxygen atoms in total. The summed E-state index contributed by atoms with van der Waals surface area (Å²) in [5.41, 5.74) is 1.30. The summed E-state index contributed by atoms with van der Waals surface area (Å²) in [6.45, 7) is 0.104. The van der Waals surface area contributed by atoms with Gasteiger partial charge in [0.25, 0.3) is 5.91 Å². The fourth-order valence-corrected chi connectivity index (χ4v) is 2.92. The molecule has 0 saturated heterocycles. The molecular formula is C23H17F3N2O2. The van der Waals surface area contributed by atoms with E-state index in [4.69, 9.17) is 4.74 Å². The summed E-state index contributed by atoms with van der Waals surface area (Å²) in [4.78, 5) is 12.6. The zero-order valence-electron chi connectivity index (χ0n) is 15.7. The molecule has 1 N–H and O–H groups in total. The Bertz CT molecular complexity index is 1090. The molecular weight excluding hydrogens is 393 g/mol. The van der Waals surface area contributed by atoms with Gasteiger partial charge in [-0.2, -0.15) is 18.4 Å². The van der Waals surface area contributed by atoms with E-state index in [0.717, 1.165) is 12.1 Å². The highest BCUT2D eigenvalue weighted by molar-refractivity contribution is 6.01. The fourth-order valence-electron chi connectivity index (χ4n) is 2.92. The van der Waals surface area contributed by atoms with Crippen LogP contribution in [0.25, 0.3) is 11.1 Å². The largest absolute Gasteiger partial charge is 0.492 e. The van der Waals surface area contributed by atoms with Crippen molar-refractivity contribution in [3.63, 3.8) is 0 Å². The first kappa shape index (κ1) is 20.9. The molecule has 3 aromatic carbocycles. The van der Waals surface area contributed by atoms with Gasteiger partial charge in [0.2, 0.25) is 0 Å². The van der Waals surface area contributed by atoms with Crippen molar-refractivity contribution < 1.29 is 22.7 Å². The molecule has 0 aromatic heterocycles. The van der Waals surface area contributed by atoms with E-state index in [0.29, 0.717) is 22.3 Å². The second-order valence-corrected chi connectivity index (χ2v) is 6.33. The Labute approximate surface area is 171 Å². The van der Waals surface area contributed by atoms with Gasteiger partial charge in [-0.15, -0.1) is 0 Å². The standard InChI is InChI=1S/C23H17F3N2O2/c24-23(25,26)17-7-5-8-18(14-17)30-13-12-28-22(29)21-11-4-3-10-20(21)19-9-2-1-6-16(19)15-27/h1-11,14H,12-13H2,(H,28,29). The van der Waals surface area contributed by atoms with Crippen molar-refractivity contribution in [2.24, 2.45) is 0 Å². The van der Waals surface area contributed by atoms with Gasteiger partial charge >= 0.3 is 6.18 Å². The molecule has 0 fully saturated rings. The van der Waals surface area contributed by atoms with Crippen molar-refractivity contribution in [2.75, 3.05) is 13.2 Å². The number of alkyl halides is 3. The molecule has 0 spiro atoms. The Morgan fingerprint density at radius 3 is 2.40 bits per heavy atom. The number of halogens is 3. The van der Waals surface area contributed by atoms with Crippen LogP contribution in [0.1, 0.15) is 21.5 Å². The predicted octanol–water partition coefficient (Wildman–Crippen LogP) is 5.05. The lowest BCUT2D eigenvalue weighted by atomic mass is 9.95. The number of hydrogen-bond acceptors (Lipinski definition) is 3. The van der Waals surface area contributed by atoms with E-state index >= 15 is 0 Å². The third kappa shape index (κ3) is 4.97. The molecule has 0 aliphatic carbocycles. The van der Waals surface area contributed by atoms with Gasteiger partial charge in [-0.25, -0.2) is 0 Å². The topological polar surface area (TPSA) is 62.1 Å². The summed E-state index contributed by atoms with van der Waals surface area (Å²) in [6.07, 6.45) is -4.45. The van der Waals surface area contributed by atoms with E-state index in [1.54, 1.807) is 48.5 Å². The number of amides is 1. The van der Waals surface area contributed by atoms with Crippen molar-refractivity contribution in [3.8, 4) is 22.9 Å². The molecule has 3 rings (SSSR count). The van der Waals surface area contributed by atoms with Crippen LogP contribution in [0.3, 0.4) is 0 Å². The highest BCUT2D eigenvalue weighted by atomic mass is 19.4. The van der Waals surface area contributed by atoms with Crippen molar-refractivity contribution in [3.05, 3.63) is 89.5 Å². The third-order valence-electron chi connectivity index (χ3n) is 4.33. The number of nitrogens with one attached hydrogen (secondary N) is 1. The second-order valence-electron chi connectivity index (χ2n) is 6.33. The molecule has 0 unspecified atom stereocenters. The monoisotopic (exact) mass is 410 g/mol. The molecule has 0 radical (unpaired) electrons. The van der Waals surface area contributed by atoms with Crippen LogP contribution in [0.15, 0.2) is 72.8 Å². The molecule has 0 saturated carbocycles. The van der Waals surface area contributed by atoms with Gasteiger partial charge in [0, 0.05) is 11.1 Å². The van der Waals surface area contributed by atoms with E-state index in [1.165, 1.54) is 12.1 Å². The van der Waals surface area contributed by atoms with Crippen LogP contribution < -0.4 is 10.1 Å². The Morgan fingerprint density at radius 2 is 1.67 bits per heavy atom. The zero-order chi connectivity index (χ0) is 21.6. The van der Waals surface area contributed by atoms with Crippen molar-refractivity contribution in [2.45, 2.75) is 6.18 Å². The van der Waals surface area contributed by atoms with E-state index in [9.17, 15) is 23.2 Å². The molecule has 0 aliphatic heterocycles. The lowest BCUT2D eigenvalue weighted by Gasteiger charge is -2.13. The Morgan fingerprint density at radius 1 is 0.967 bits per heavy atom. The first-order chi connectivity index (χ1) is 14.4. The highest BCUT2D eigenvalue weighted by Gasteiger charge is 2.30. The Hall–Kier alpha value is -3.79. The number of nitrogens with zero attached hydrogens (tertiary/aromatic N) is 1. The predicted molar refractivity (Wildman–Crippen MR) is 106 cm³/mol. The Balaban J connectivity index is 1.65. The molecule has 30 heavy (non-hydrogen) atoms. The van der Waals surface area contributed by atoms with Crippen LogP contribution in [-0.4, -0.2) is 19.1 Å².